The van der Waals surface area contributed by atoms with E-state index in [-0.39, 0.29) is 0 Å². The molecule has 0 fully saturated rings. The maximum atomic E-state index is 5.57. The van der Waals surface area contributed by atoms with Gasteiger partial charge in [-0.05, 0) is 31.8 Å². The minimum absolute atomic E-state index is 0.714. The number of hydrogen-bond donors (Lipinski definition) is 0. The number of allylic oxidation sites excluding steroid dienone is 2. The first kappa shape index (κ1) is 10.6. The summed E-state index contributed by atoms with van der Waals surface area (Å²) < 4.78 is 10.9. The molecule has 0 saturated heterocycles. The summed E-state index contributed by atoms with van der Waals surface area (Å²) in [7, 11) is 0. The summed E-state index contributed by atoms with van der Waals surface area (Å²) in [5, 5.41) is 0. The third-order valence-electron chi connectivity index (χ3n) is 2.11. The third-order valence-corrected chi connectivity index (χ3v) is 2.11. The molecule has 0 aromatic rings. The summed E-state index contributed by atoms with van der Waals surface area (Å²) in [6.07, 6.45) is 8.20. The summed E-state index contributed by atoms with van der Waals surface area (Å²) in [4.78, 5) is 0. The summed E-state index contributed by atoms with van der Waals surface area (Å²) in [5.74, 6) is 1.17. The SMILES string of the molecule is CCCOCCOC1=CCCCC1. The van der Waals surface area contributed by atoms with Gasteiger partial charge in [0, 0.05) is 13.0 Å². The second kappa shape index (κ2) is 6.96. The Morgan fingerprint density at radius 3 is 2.85 bits per heavy atom. The average Bonchev–Trinajstić information content (AvgIpc) is 2.19. The van der Waals surface area contributed by atoms with Gasteiger partial charge in [0.2, 0.25) is 0 Å². The molecule has 0 aromatic heterocycles. The maximum absolute atomic E-state index is 5.57. The van der Waals surface area contributed by atoms with Crippen LogP contribution < -0.4 is 0 Å². The summed E-state index contributed by atoms with van der Waals surface area (Å²) >= 11 is 0. The summed E-state index contributed by atoms with van der Waals surface area (Å²) in [5.41, 5.74) is 0. The second-order valence-electron chi connectivity index (χ2n) is 3.38. The first-order valence-electron chi connectivity index (χ1n) is 5.33. The predicted octanol–water partition coefficient (Wildman–Crippen LogP) is 2.89. The van der Waals surface area contributed by atoms with Crippen LogP contribution in [0.4, 0.5) is 0 Å². The van der Waals surface area contributed by atoms with Crippen LogP contribution in [0, 0.1) is 0 Å². The highest BCUT2D eigenvalue weighted by atomic mass is 16.5. The molecule has 0 saturated carbocycles. The molecule has 1 aliphatic carbocycles. The van der Waals surface area contributed by atoms with E-state index in [2.05, 4.69) is 13.0 Å². The molecule has 0 N–H and O–H groups in total. The van der Waals surface area contributed by atoms with Crippen LogP contribution in [0.3, 0.4) is 0 Å². The Kier molecular flexibility index (Phi) is 5.66. The highest BCUT2D eigenvalue weighted by Crippen LogP contribution is 2.17. The van der Waals surface area contributed by atoms with Crippen molar-refractivity contribution in [2.45, 2.75) is 39.0 Å². The van der Waals surface area contributed by atoms with Crippen molar-refractivity contribution in [2.75, 3.05) is 19.8 Å². The number of rotatable bonds is 6. The van der Waals surface area contributed by atoms with Gasteiger partial charge in [0.05, 0.1) is 12.4 Å². The van der Waals surface area contributed by atoms with Gasteiger partial charge in [0.25, 0.3) is 0 Å². The van der Waals surface area contributed by atoms with Crippen molar-refractivity contribution in [1.29, 1.82) is 0 Å². The first-order chi connectivity index (χ1) is 6.43. The van der Waals surface area contributed by atoms with Crippen molar-refractivity contribution in [2.24, 2.45) is 0 Å². The molecule has 0 amide bonds. The lowest BCUT2D eigenvalue weighted by atomic mass is 10.1. The third kappa shape index (κ3) is 4.94. The van der Waals surface area contributed by atoms with Gasteiger partial charge in [-0.3, -0.25) is 0 Å². The highest BCUT2D eigenvalue weighted by molar-refractivity contribution is 4.96. The molecule has 0 radical (unpaired) electrons. The lowest BCUT2D eigenvalue weighted by Crippen LogP contribution is -2.06. The average molecular weight is 184 g/mol. The van der Waals surface area contributed by atoms with E-state index >= 15 is 0 Å². The van der Waals surface area contributed by atoms with Crippen LogP contribution in [0.1, 0.15) is 39.0 Å². The lowest BCUT2D eigenvalue weighted by Gasteiger charge is -2.14. The summed E-state index contributed by atoms with van der Waals surface area (Å²) in [6, 6.07) is 0. The largest absolute Gasteiger partial charge is 0.496 e. The fraction of sp³-hybridized carbons (Fsp3) is 0.818. The van der Waals surface area contributed by atoms with E-state index < -0.39 is 0 Å². The Bertz CT molecular complexity index is 152. The summed E-state index contributed by atoms with van der Waals surface area (Å²) in [6.45, 7) is 4.41. The van der Waals surface area contributed by atoms with Crippen molar-refractivity contribution < 1.29 is 9.47 Å². The fourth-order valence-corrected chi connectivity index (χ4v) is 1.42. The monoisotopic (exact) mass is 184 g/mol. The van der Waals surface area contributed by atoms with E-state index in [4.69, 9.17) is 9.47 Å². The van der Waals surface area contributed by atoms with Gasteiger partial charge in [-0.25, -0.2) is 0 Å². The predicted molar refractivity (Wildman–Crippen MR) is 53.6 cm³/mol. The van der Waals surface area contributed by atoms with E-state index in [0.29, 0.717) is 6.61 Å². The molecule has 0 aromatic carbocycles. The molecule has 0 atom stereocenters. The van der Waals surface area contributed by atoms with E-state index in [9.17, 15) is 0 Å². The standard InChI is InChI=1S/C11H20O2/c1-2-8-12-9-10-13-11-6-4-3-5-7-11/h6H,2-5,7-10H2,1H3. The Morgan fingerprint density at radius 2 is 2.15 bits per heavy atom. The molecule has 0 bridgehead atoms. The van der Waals surface area contributed by atoms with Crippen LogP contribution in [0.15, 0.2) is 11.8 Å². The smallest absolute Gasteiger partial charge is 0.111 e. The van der Waals surface area contributed by atoms with Crippen LogP contribution in [0.25, 0.3) is 0 Å². The topological polar surface area (TPSA) is 18.5 Å². The number of hydrogen-bond acceptors (Lipinski definition) is 2. The van der Waals surface area contributed by atoms with E-state index in [1.165, 1.54) is 25.0 Å². The van der Waals surface area contributed by atoms with Gasteiger partial charge in [-0.2, -0.15) is 0 Å². The fourth-order valence-electron chi connectivity index (χ4n) is 1.42. The quantitative estimate of drug-likeness (QED) is 0.591. The minimum Gasteiger partial charge on any atom is -0.496 e. The Hall–Kier alpha value is -0.500. The minimum atomic E-state index is 0.714. The van der Waals surface area contributed by atoms with Gasteiger partial charge in [-0.15, -0.1) is 0 Å². The van der Waals surface area contributed by atoms with Crippen LogP contribution >= 0.6 is 0 Å². The first-order valence-corrected chi connectivity index (χ1v) is 5.33. The van der Waals surface area contributed by atoms with Gasteiger partial charge < -0.3 is 9.47 Å². The van der Waals surface area contributed by atoms with Gasteiger partial charge >= 0.3 is 0 Å². The van der Waals surface area contributed by atoms with Crippen LogP contribution in [0.5, 0.6) is 0 Å². The van der Waals surface area contributed by atoms with Crippen molar-refractivity contribution in [3.8, 4) is 0 Å². The van der Waals surface area contributed by atoms with Crippen molar-refractivity contribution in [3.05, 3.63) is 11.8 Å². The second-order valence-corrected chi connectivity index (χ2v) is 3.38. The molecule has 0 heterocycles. The Labute approximate surface area is 80.9 Å². The zero-order valence-electron chi connectivity index (χ0n) is 8.55. The van der Waals surface area contributed by atoms with Crippen molar-refractivity contribution in [3.63, 3.8) is 0 Å². The van der Waals surface area contributed by atoms with Gasteiger partial charge in [-0.1, -0.05) is 6.92 Å². The van der Waals surface area contributed by atoms with Crippen molar-refractivity contribution >= 4 is 0 Å². The van der Waals surface area contributed by atoms with E-state index in [1.807, 2.05) is 0 Å². The molecule has 0 aliphatic heterocycles. The van der Waals surface area contributed by atoms with Gasteiger partial charge in [0.15, 0.2) is 0 Å². The van der Waals surface area contributed by atoms with Crippen LogP contribution in [-0.4, -0.2) is 19.8 Å². The zero-order chi connectivity index (χ0) is 9.36. The molecule has 1 rings (SSSR count). The Balaban J connectivity index is 1.95. The Morgan fingerprint density at radius 1 is 1.23 bits per heavy atom. The normalized spacial score (nSPS) is 16.8. The molecule has 2 nitrogen and oxygen atoms in total. The number of ether oxygens (including phenoxy) is 2. The molecular weight excluding hydrogens is 164 g/mol. The molecule has 0 spiro atoms. The molecular formula is C11H20O2. The van der Waals surface area contributed by atoms with E-state index in [1.54, 1.807) is 0 Å². The highest BCUT2D eigenvalue weighted by Gasteiger charge is 2.03. The molecule has 2 heteroatoms. The van der Waals surface area contributed by atoms with Crippen LogP contribution in [0.2, 0.25) is 0 Å². The van der Waals surface area contributed by atoms with Crippen molar-refractivity contribution in [1.82, 2.24) is 0 Å². The molecule has 1 aliphatic rings. The molecule has 13 heavy (non-hydrogen) atoms. The molecule has 0 unspecified atom stereocenters. The zero-order valence-corrected chi connectivity index (χ0v) is 8.55. The lowest BCUT2D eigenvalue weighted by molar-refractivity contribution is 0.0723. The van der Waals surface area contributed by atoms with E-state index in [0.717, 1.165) is 26.1 Å². The molecule has 76 valence electrons. The maximum Gasteiger partial charge on any atom is 0.111 e. The van der Waals surface area contributed by atoms with Crippen LogP contribution in [-0.2, 0) is 9.47 Å². The van der Waals surface area contributed by atoms with Gasteiger partial charge in [0.1, 0.15) is 6.61 Å².